The topological polar surface area (TPSA) is 63.9 Å². The molecular weight excluding hydrogens is 357 g/mol. The Bertz CT molecular complexity index is 973. The van der Waals surface area contributed by atoms with Crippen LogP contribution in [0.4, 0.5) is 10.2 Å². The molecule has 1 aliphatic rings. The van der Waals surface area contributed by atoms with E-state index in [1.54, 1.807) is 16.8 Å². The van der Waals surface area contributed by atoms with E-state index in [0.717, 1.165) is 43.1 Å². The molecule has 2 aromatic heterocycles. The van der Waals surface area contributed by atoms with Gasteiger partial charge in [-0.05, 0) is 69.2 Å². The van der Waals surface area contributed by atoms with Crippen LogP contribution in [0.5, 0.6) is 0 Å². The summed E-state index contributed by atoms with van der Waals surface area (Å²) in [5.74, 6) is 1.22. The third kappa shape index (κ3) is 3.65. The van der Waals surface area contributed by atoms with E-state index in [4.69, 9.17) is 0 Å². The van der Waals surface area contributed by atoms with Gasteiger partial charge in [0.1, 0.15) is 5.82 Å². The van der Waals surface area contributed by atoms with E-state index in [9.17, 15) is 9.18 Å². The summed E-state index contributed by atoms with van der Waals surface area (Å²) >= 11 is 0. The summed E-state index contributed by atoms with van der Waals surface area (Å²) < 4.78 is 14.8. The minimum Gasteiger partial charge on any atom is -0.355 e. The molecule has 0 atom stereocenters. The molecule has 0 amide bonds. The molecule has 1 fully saturated rings. The van der Waals surface area contributed by atoms with E-state index >= 15 is 0 Å². The first kappa shape index (κ1) is 18.3. The third-order valence-corrected chi connectivity index (χ3v) is 5.18. The van der Waals surface area contributed by atoms with Crippen LogP contribution >= 0.6 is 0 Å². The Balaban J connectivity index is 1.40. The molecule has 28 heavy (non-hydrogen) atoms. The van der Waals surface area contributed by atoms with Crippen molar-refractivity contribution in [2.24, 2.45) is 5.92 Å². The Morgan fingerprint density at radius 3 is 2.21 bits per heavy atom. The summed E-state index contributed by atoms with van der Waals surface area (Å²) in [5.41, 5.74) is 2.53. The normalized spacial score (nSPS) is 15.0. The smallest absolute Gasteiger partial charge is 0.176 e. The second-order valence-electron chi connectivity index (χ2n) is 7.22. The predicted molar refractivity (Wildman–Crippen MR) is 104 cm³/mol. The van der Waals surface area contributed by atoms with Crippen LogP contribution < -0.4 is 4.90 Å². The monoisotopic (exact) mass is 379 g/mol. The third-order valence-electron chi connectivity index (χ3n) is 5.18. The Hall–Kier alpha value is -3.09. The first-order chi connectivity index (χ1) is 13.5. The van der Waals surface area contributed by atoms with Crippen molar-refractivity contribution in [3.63, 3.8) is 0 Å². The number of anilines is 1. The van der Waals surface area contributed by atoms with Gasteiger partial charge in [-0.25, -0.2) is 9.07 Å². The number of carbonyl (C=O) groups excluding carboxylic acids is 1. The van der Waals surface area contributed by atoms with Gasteiger partial charge in [0.05, 0.1) is 5.69 Å². The van der Waals surface area contributed by atoms with E-state index in [-0.39, 0.29) is 17.5 Å². The number of aromatic nitrogens is 4. The van der Waals surface area contributed by atoms with Gasteiger partial charge in [0.15, 0.2) is 17.4 Å². The van der Waals surface area contributed by atoms with Crippen molar-refractivity contribution in [2.75, 3.05) is 18.0 Å². The van der Waals surface area contributed by atoms with E-state index in [1.165, 1.54) is 12.1 Å². The van der Waals surface area contributed by atoms with E-state index in [1.807, 2.05) is 32.0 Å². The second kappa shape index (κ2) is 7.50. The Morgan fingerprint density at radius 1 is 1.00 bits per heavy atom. The SMILES string of the molecule is Cc1cc(C)n(-c2ccc(N3CCC(C(=O)c4ccc(F)cc4)CC3)nn2)n1. The van der Waals surface area contributed by atoms with Crippen molar-refractivity contribution >= 4 is 11.6 Å². The fraction of sp³-hybridized carbons (Fsp3) is 0.333. The molecule has 0 radical (unpaired) electrons. The molecule has 7 heteroatoms. The molecule has 1 saturated heterocycles. The van der Waals surface area contributed by atoms with Crippen LogP contribution in [0.25, 0.3) is 5.82 Å². The number of benzene rings is 1. The fourth-order valence-corrected chi connectivity index (χ4v) is 3.68. The van der Waals surface area contributed by atoms with Crippen molar-refractivity contribution in [3.05, 3.63) is 65.2 Å². The summed E-state index contributed by atoms with van der Waals surface area (Å²) in [5, 5.41) is 13.1. The number of rotatable bonds is 4. The van der Waals surface area contributed by atoms with Gasteiger partial charge in [-0.3, -0.25) is 4.79 Å². The van der Waals surface area contributed by atoms with E-state index in [2.05, 4.69) is 20.2 Å². The number of aryl methyl sites for hydroxylation is 2. The highest BCUT2D eigenvalue weighted by Gasteiger charge is 2.26. The number of nitrogens with zero attached hydrogens (tertiary/aromatic N) is 5. The highest BCUT2D eigenvalue weighted by atomic mass is 19.1. The highest BCUT2D eigenvalue weighted by Crippen LogP contribution is 2.25. The minimum atomic E-state index is -0.325. The number of hydrogen-bond acceptors (Lipinski definition) is 5. The zero-order chi connectivity index (χ0) is 19.7. The van der Waals surface area contributed by atoms with E-state index in [0.29, 0.717) is 11.4 Å². The van der Waals surface area contributed by atoms with Gasteiger partial charge >= 0.3 is 0 Å². The number of ketones is 1. The highest BCUT2D eigenvalue weighted by molar-refractivity contribution is 5.97. The maximum Gasteiger partial charge on any atom is 0.176 e. The molecule has 3 aromatic rings. The maximum absolute atomic E-state index is 13.1. The molecule has 1 aliphatic heterocycles. The van der Waals surface area contributed by atoms with Crippen LogP contribution in [0.2, 0.25) is 0 Å². The zero-order valence-corrected chi connectivity index (χ0v) is 16.0. The van der Waals surface area contributed by atoms with Gasteiger partial charge in [-0.1, -0.05) is 0 Å². The van der Waals surface area contributed by atoms with Gasteiger partial charge in [0, 0.05) is 30.3 Å². The lowest BCUT2D eigenvalue weighted by atomic mass is 9.89. The molecule has 0 unspecified atom stereocenters. The average molecular weight is 379 g/mol. The number of hydrogen-bond donors (Lipinski definition) is 0. The summed E-state index contributed by atoms with van der Waals surface area (Å²) in [6.07, 6.45) is 1.49. The summed E-state index contributed by atoms with van der Waals surface area (Å²) in [6, 6.07) is 11.7. The zero-order valence-electron chi connectivity index (χ0n) is 16.0. The van der Waals surface area contributed by atoms with Crippen LogP contribution in [0, 0.1) is 25.6 Å². The molecule has 0 spiro atoms. The molecule has 0 saturated carbocycles. The second-order valence-corrected chi connectivity index (χ2v) is 7.22. The van der Waals surface area contributed by atoms with Gasteiger partial charge < -0.3 is 4.90 Å². The number of Topliss-reactive ketones (excluding diaryl/α,β-unsaturated/α-hetero) is 1. The standard InChI is InChI=1S/C21H22FN5O/c1-14-13-15(2)27(25-14)20-8-7-19(23-24-20)26-11-9-17(10-12-26)21(28)16-3-5-18(22)6-4-16/h3-8,13,17H,9-12H2,1-2H3. The predicted octanol–water partition coefficient (Wildman–Crippen LogP) is 3.52. The van der Waals surface area contributed by atoms with Crippen molar-refractivity contribution < 1.29 is 9.18 Å². The minimum absolute atomic E-state index is 0.0383. The average Bonchev–Trinajstić information content (AvgIpc) is 3.06. The van der Waals surface area contributed by atoms with Crippen LogP contribution in [-0.2, 0) is 0 Å². The summed E-state index contributed by atoms with van der Waals surface area (Å²) in [4.78, 5) is 14.8. The fourth-order valence-electron chi connectivity index (χ4n) is 3.68. The van der Waals surface area contributed by atoms with Gasteiger partial charge in [0.25, 0.3) is 0 Å². The summed E-state index contributed by atoms with van der Waals surface area (Å²) in [6.45, 7) is 5.41. The molecule has 4 rings (SSSR count). The number of halogens is 1. The Morgan fingerprint density at radius 2 is 1.64 bits per heavy atom. The molecular formula is C21H22FN5O. The lowest BCUT2D eigenvalue weighted by molar-refractivity contribution is 0.0900. The molecule has 3 heterocycles. The molecule has 0 N–H and O–H groups in total. The largest absolute Gasteiger partial charge is 0.355 e. The van der Waals surface area contributed by atoms with Gasteiger partial charge in [0.2, 0.25) is 0 Å². The molecule has 0 bridgehead atoms. The molecule has 0 aliphatic carbocycles. The van der Waals surface area contributed by atoms with Gasteiger partial charge in [-0.2, -0.15) is 5.10 Å². The molecule has 6 nitrogen and oxygen atoms in total. The van der Waals surface area contributed by atoms with Crippen molar-refractivity contribution in [1.82, 2.24) is 20.0 Å². The Labute approximate surface area is 163 Å². The number of carbonyl (C=O) groups is 1. The van der Waals surface area contributed by atoms with Gasteiger partial charge in [-0.15, -0.1) is 10.2 Å². The van der Waals surface area contributed by atoms with E-state index < -0.39 is 0 Å². The quantitative estimate of drug-likeness (QED) is 0.649. The first-order valence-electron chi connectivity index (χ1n) is 9.43. The van der Waals surface area contributed by atoms with Crippen molar-refractivity contribution in [1.29, 1.82) is 0 Å². The molecule has 1 aromatic carbocycles. The molecule has 144 valence electrons. The number of piperidine rings is 1. The lowest BCUT2D eigenvalue weighted by Gasteiger charge is -2.31. The van der Waals surface area contributed by atoms with Crippen LogP contribution in [0.3, 0.4) is 0 Å². The summed E-state index contributed by atoms with van der Waals surface area (Å²) in [7, 11) is 0. The maximum atomic E-state index is 13.1. The van der Waals surface area contributed by atoms with Crippen LogP contribution in [0.1, 0.15) is 34.6 Å². The van der Waals surface area contributed by atoms with Crippen molar-refractivity contribution in [2.45, 2.75) is 26.7 Å². The van der Waals surface area contributed by atoms with Crippen LogP contribution in [0.15, 0.2) is 42.5 Å². The van der Waals surface area contributed by atoms with Crippen LogP contribution in [-0.4, -0.2) is 38.9 Å². The lowest BCUT2D eigenvalue weighted by Crippen LogP contribution is -2.37. The first-order valence-corrected chi connectivity index (χ1v) is 9.43. The van der Waals surface area contributed by atoms with Crippen molar-refractivity contribution in [3.8, 4) is 5.82 Å². The Kier molecular flexibility index (Phi) is 4.90.